The van der Waals surface area contributed by atoms with Gasteiger partial charge in [-0.3, -0.25) is 9.59 Å². The summed E-state index contributed by atoms with van der Waals surface area (Å²) in [6.45, 7) is 2.31. The van der Waals surface area contributed by atoms with Crippen LogP contribution in [0.5, 0.6) is 5.75 Å². The third-order valence-electron chi connectivity index (χ3n) is 2.80. The van der Waals surface area contributed by atoms with Crippen molar-refractivity contribution >= 4 is 35.6 Å². The lowest BCUT2D eigenvalue weighted by Gasteiger charge is -2.23. The van der Waals surface area contributed by atoms with Crippen molar-refractivity contribution in [3.63, 3.8) is 0 Å². The van der Waals surface area contributed by atoms with Crippen LogP contribution < -0.4 is 20.7 Å². The molecule has 0 fully saturated rings. The van der Waals surface area contributed by atoms with E-state index in [4.69, 9.17) is 4.74 Å². The highest BCUT2D eigenvalue weighted by atomic mass is 35.5. The minimum atomic E-state index is -0.497. The molecule has 6 nitrogen and oxygen atoms in total. The topological polar surface area (TPSA) is 79.5 Å². The summed E-state index contributed by atoms with van der Waals surface area (Å²) in [5, 5.41) is 8.41. The second-order valence-electron chi connectivity index (χ2n) is 4.36. The molecule has 7 heteroatoms. The van der Waals surface area contributed by atoms with Gasteiger partial charge in [-0.25, -0.2) is 0 Å². The molecule has 2 rings (SSSR count). The number of hydrogen-bond donors (Lipinski definition) is 3. The van der Waals surface area contributed by atoms with Crippen LogP contribution >= 0.6 is 12.4 Å². The average molecular weight is 300 g/mol. The van der Waals surface area contributed by atoms with E-state index in [1.807, 2.05) is 0 Å². The van der Waals surface area contributed by atoms with E-state index in [2.05, 4.69) is 16.0 Å². The number of rotatable bonds is 4. The highest BCUT2D eigenvalue weighted by molar-refractivity contribution is 5.99. The van der Waals surface area contributed by atoms with E-state index >= 15 is 0 Å². The molecule has 2 amide bonds. The van der Waals surface area contributed by atoms with Crippen LogP contribution in [0.4, 0.5) is 11.4 Å². The Bertz CT molecular complexity index is 508. The SMILES string of the molecule is CNCCC(=O)Nc1ccc2c(c1)NC(=O)C(C)O2.Cl. The van der Waals surface area contributed by atoms with E-state index in [-0.39, 0.29) is 24.2 Å². The predicted octanol–water partition coefficient (Wildman–Crippen LogP) is 1.38. The summed E-state index contributed by atoms with van der Waals surface area (Å²) in [7, 11) is 1.79. The predicted molar refractivity (Wildman–Crippen MR) is 79.6 cm³/mol. The first-order valence-corrected chi connectivity index (χ1v) is 6.16. The van der Waals surface area contributed by atoms with E-state index in [1.54, 1.807) is 32.2 Å². The number of carbonyl (C=O) groups excluding carboxylic acids is 2. The minimum Gasteiger partial charge on any atom is -0.479 e. The molecule has 0 aliphatic carbocycles. The summed E-state index contributed by atoms with van der Waals surface area (Å²) in [5.74, 6) is 0.345. The van der Waals surface area contributed by atoms with Crippen molar-refractivity contribution in [2.45, 2.75) is 19.4 Å². The van der Waals surface area contributed by atoms with Gasteiger partial charge in [-0.2, -0.15) is 0 Å². The molecule has 0 bridgehead atoms. The molecule has 1 aromatic carbocycles. The summed E-state index contributed by atoms with van der Waals surface area (Å²) in [6.07, 6.45) is -0.100. The Hall–Kier alpha value is -1.79. The molecule has 1 atom stereocenters. The molecule has 0 aromatic heterocycles. The number of carbonyl (C=O) groups is 2. The van der Waals surface area contributed by atoms with Gasteiger partial charge in [0.05, 0.1) is 5.69 Å². The first kappa shape index (κ1) is 16.3. The van der Waals surface area contributed by atoms with Gasteiger partial charge in [0.2, 0.25) is 5.91 Å². The van der Waals surface area contributed by atoms with Crippen LogP contribution in [0.25, 0.3) is 0 Å². The van der Waals surface area contributed by atoms with Crippen LogP contribution in [0, 0.1) is 0 Å². The molecular formula is C13H18ClN3O3. The number of benzene rings is 1. The molecule has 0 saturated heterocycles. The van der Waals surface area contributed by atoms with Gasteiger partial charge in [0.1, 0.15) is 5.75 Å². The molecule has 1 aromatic rings. The molecule has 1 aliphatic heterocycles. The van der Waals surface area contributed by atoms with Crippen molar-refractivity contribution in [3.8, 4) is 5.75 Å². The summed E-state index contributed by atoms with van der Waals surface area (Å²) in [5.41, 5.74) is 1.22. The zero-order valence-corrected chi connectivity index (χ0v) is 12.2. The second-order valence-corrected chi connectivity index (χ2v) is 4.36. The van der Waals surface area contributed by atoms with Crippen molar-refractivity contribution in [2.75, 3.05) is 24.2 Å². The smallest absolute Gasteiger partial charge is 0.265 e. The second kappa shape index (κ2) is 7.12. The Morgan fingerprint density at radius 1 is 1.45 bits per heavy atom. The minimum absolute atomic E-state index is 0. The molecule has 0 radical (unpaired) electrons. The number of ether oxygens (including phenoxy) is 1. The Morgan fingerprint density at radius 2 is 2.20 bits per heavy atom. The monoisotopic (exact) mass is 299 g/mol. The van der Waals surface area contributed by atoms with Gasteiger partial charge in [-0.15, -0.1) is 12.4 Å². The fourth-order valence-corrected chi connectivity index (χ4v) is 1.75. The summed E-state index contributed by atoms with van der Waals surface area (Å²) >= 11 is 0. The molecule has 1 heterocycles. The van der Waals surface area contributed by atoms with Gasteiger partial charge in [-0.1, -0.05) is 0 Å². The molecule has 0 saturated carbocycles. The largest absolute Gasteiger partial charge is 0.479 e. The molecule has 1 aliphatic rings. The molecule has 20 heavy (non-hydrogen) atoms. The maximum Gasteiger partial charge on any atom is 0.265 e. The number of amides is 2. The van der Waals surface area contributed by atoms with Crippen LogP contribution in [0.3, 0.4) is 0 Å². The Kier molecular flexibility index (Phi) is 5.79. The van der Waals surface area contributed by atoms with Gasteiger partial charge in [0.15, 0.2) is 6.10 Å². The van der Waals surface area contributed by atoms with Crippen LogP contribution in [0.2, 0.25) is 0 Å². The Morgan fingerprint density at radius 3 is 2.90 bits per heavy atom. The zero-order chi connectivity index (χ0) is 13.8. The lowest BCUT2D eigenvalue weighted by atomic mass is 10.2. The van der Waals surface area contributed by atoms with E-state index in [9.17, 15) is 9.59 Å². The maximum absolute atomic E-state index is 11.6. The first-order valence-electron chi connectivity index (χ1n) is 6.16. The van der Waals surface area contributed by atoms with E-state index in [0.717, 1.165) is 0 Å². The van der Waals surface area contributed by atoms with Crippen LogP contribution in [-0.4, -0.2) is 31.5 Å². The molecule has 3 N–H and O–H groups in total. The van der Waals surface area contributed by atoms with Crippen molar-refractivity contribution in [2.24, 2.45) is 0 Å². The molecule has 0 spiro atoms. The van der Waals surface area contributed by atoms with Gasteiger partial charge >= 0.3 is 0 Å². The number of anilines is 2. The summed E-state index contributed by atoms with van der Waals surface area (Å²) in [6, 6.07) is 5.18. The lowest BCUT2D eigenvalue weighted by Crippen LogP contribution is -2.34. The van der Waals surface area contributed by atoms with Crippen molar-refractivity contribution < 1.29 is 14.3 Å². The lowest BCUT2D eigenvalue weighted by molar-refractivity contribution is -0.122. The summed E-state index contributed by atoms with van der Waals surface area (Å²) < 4.78 is 5.43. The van der Waals surface area contributed by atoms with Gasteiger partial charge < -0.3 is 20.7 Å². The standard InChI is InChI=1S/C13H17N3O3.ClH/c1-8-13(18)16-10-7-9(3-4-11(10)19-8)15-12(17)5-6-14-2;/h3-4,7-8,14H,5-6H2,1-2H3,(H,15,17)(H,16,18);1H. The zero-order valence-electron chi connectivity index (χ0n) is 11.4. The number of nitrogens with one attached hydrogen (secondary N) is 3. The van der Waals surface area contributed by atoms with Crippen LogP contribution in [0.1, 0.15) is 13.3 Å². The van der Waals surface area contributed by atoms with Gasteiger partial charge in [-0.05, 0) is 32.2 Å². The quantitative estimate of drug-likeness (QED) is 0.785. The third kappa shape index (κ3) is 3.85. The molecular weight excluding hydrogens is 282 g/mol. The van der Waals surface area contributed by atoms with E-state index < -0.39 is 6.10 Å². The number of halogens is 1. The normalized spacial score (nSPS) is 16.3. The number of fused-ring (bicyclic) bond motifs is 1. The van der Waals surface area contributed by atoms with E-state index in [1.165, 1.54) is 0 Å². The first-order chi connectivity index (χ1) is 9.10. The number of hydrogen-bond acceptors (Lipinski definition) is 4. The molecule has 110 valence electrons. The molecule has 1 unspecified atom stereocenters. The van der Waals surface area contributed by atoms with E-state index in [0.29, 0.717) is 30.1 Å². The average Bonchev–Trinajstić information content (AvgIpc) is 2.38. The van der Waals surface area contributed by atoms with Crippen molar-refractivity contribution in [1.29, 1.82) is 0 Å². The summed E-state index contributed by atoms with van der Waals surface area (Å²) in [4.78, 5) is 23.1. The van der Waals surface area contributed by atoms with Gasteiger partial charge in [0, 0.05) is 18.7 Å². The van der Waals surface area contributed by atoms with Crippen LogP contribution in [0.15, 0.2) is 18.2 Å². The Labute approximate surface area is 123 Å². The van der Waals surface area contributed by atoms with Crippen LogP contribution in [-0.2, 0) is 9.59 Å². The van der Waals surface area contributed by atoms with Crippen molar-refractivity contribution in [3.05, 3.63) is 18.2 Å². The van der Waals surface area contributed by atoms with Gasteiger partial charge in [0.25, 0.3) is 5.91 Å². The third-order valence-corrected chi connectivity index (χ3v) is 2.80. The highest BCUT2D eigenvalue weighted by Crippen LogP contribution is 2.32. The maximum atomic E-state index is 11.6. The fourth-order valence-electron chi connectivity index (χ4n) is 1.75. The fraction of sp³-hybridized carbons (Fsp3) is 0.385. The van der Waals surface area contributed by atoms with Crippen molar-refractivity contribution in [1.82, 2.24) is 5.32 Å². The highest BCUT2D eigenvalue weighted by Gasteiger charge is 2.23. The Balaban J connectivity index is 0.00000200.